The van der Waals surface area contributed by atoms with Gasteiger partial charge in [0.25, 0.3) is 0 Å². The molecular weight excluding hydrogens is 342 g/mol. The second-order valence-electron chi connectivity index (χ2n) is 7.10. The van der Waals surface area contributed by atoms with E-state index in [9.17, 15) is 0 Å². The van der Waals surface area contributed by atoms with E-state index in [4.69, 9.17) is 10.5 Å². The van der Waals surface area contributed by atoms with E-state index in [1.165, 1.54) is 23.4 Å². The molecule has 2 N–H and O–H groups in total. The van der Waals surface area contributed by atoms with E-state index in [-0.39, 0.29) is 0 Å². The molecule has 0 saturated carbocycles. The van der Waals surface area contributed by atoms with Gasteiger partial charge < -0.3 is 20.3 Å². The summed E-state index contributed by atoms with van der Waals surface area (Å²) in [5, 5.41) is 2.17. The van der Waals surface area contributed by atoms with Gasteiger partial charge in [0.05, 0.1) is 13.7 Å². The molecule has 2 aromatic rings. The van der Waals surface area contributed by atoms with Crippen LogP contribution in [0.15, 0.2) is 41.8 Å². The third-order valence-corrected chi connectivity index (χ3v) is 6.32. The number of hydrogen-bond donors (Lipinski definition) is 1. The molecule has 1 aliphatic rings. The highest BCUT2D eigenvalue weighted by Crippen LogP contribution is 2.29. The first-order chi connectivity index (χ1) is 12.7. The highest BCUT2D eigenvalue weighted by molar-refractivity contribution is 7.09. The second-order valence-corrected chi connectivity index (χ2v) is 8.13. The summed E-state index contributed by atoms with van der Waals surface area (Å²) in [5.74, 6) is 0.912. The number of anilines is 1. The fourth-order valence-electron chi connectivity index (χ4n) is 3.84. The molecule has 1 aromatic carbocycles. The standard InChI is InChI=1S/C21H31N3OS/c1-17(9-12-22)23-13-10-19(11-14-23)24(16-21-4-3-15-26-21)18-5-7-20(25-2)8-6-18/h3-8,15,17,19H,9-14,16,22H2,1-2H3. The molecule has 142 valence electrons. The third-order valence-electron chi connectivity index (χ3n) is 5.46. The molecule has 1 atom stereocenters. The number of thiophene rings is 1. The lowest BCUT2D eigenvalue weighted by Gasteiger charge is -2.41. The van der Waals surface area contributed by atoms with Crippen molar-refractivity contribution in [2.45, 2.75) is 44.8 Å². The normalized spacial score (nSPS) is 17.2. The van der Waals surface area contributed by atoms with Crippen LogP contribution in [0.3, 0.4) is 0 Å². The average molecular weight is 374 g/mol. The van der Waals surface area contributed by atoms with Gasteiger partial charge in [-0.05, 0) is 68.4 Å². The van der Waals surface area contributed by atoms with Crippen molar-refractivity contribution in [2.24, 2.45) is 5.73 Å². The van der Waals surface area contributed by atoms with Crippen LogP contribution in [0.4, 0.5) is 5.69 Å². The Morgan fingerprint density at radius 3 is 2.54 bits per heavy atom. The molecule has 0 bridgehead atoms. The van der Waals surface area contributed by atoms with Crippen LogP contribution in [0.1, 0.15) is 31.1 Å². The molecule has 0 spiro atoms. The first kappa shape index (κ1) is 19.2. The molecule has 0 amide bonds. The van der Waals surface area contributed by atoms with Crippen LogP contribution < -0.4 is 15.4 Å². The molecule has 1 fully saturated rings. The predicted molar refractivity (Wildman–Crippen MR) is 111 cm³/mol. The van der Waals surface area contributed by atoms with Crippen LogP contribution >= 0.6 is 11.3 Å². The number of nitrogens with two attached hydrogens (primary N) is 1. The van der Waals surface area contributed by atoms with E-state index in [1.807, 2.05) is 11.3 Å². The summed E-state index contributed by atoms with van der Waals surface area (Å²) in [4.78, 5) is 6.59. The number of piperidine rings is 1. The lowest BCUT2D eigenvalue weighted by atomic mass is 10.00. The van der Waals surface area contributed by atoms with Gasteiger partial charge in [0.1, 0.15) is 5.75 Å². The number of rotatable bonds is 8. The summed E-state index contributed by atoms with van der Waals surface area (Å²) < 4.78 is 5.33. The van der Waals surface area contributed by atoms with Gasteiger partial charge in [-0.3, -0.25) is 0 Å². The zero-order valence-corrected chi connectivity index (χ0v) is 16.8. The Bertz CT molecular complexity index is 636. The first-order valence-electron chi connectivity index (χ1n) is 9.58. The van der Waals surface area contributed by atoms with Crippen molar-refractivity contribution in [3.05, 3.63) is 46.7 Å². The monoisotopic (exact) mass is 373 g/mol. The minimum Gasteiger partial charge on any atom is -0.497 e. The van der Waals surface area contributed by atoms with Gasteiger partial charge >= 0.3 is 0 Å². The fraction of sp³-hybridized carbons (Fsp3) is 0.524. The summed E-state index contributed by atoms with van der Waals surface area (Å²) in [5.41, 5.74) is 7.03. The van der Waals surface area contributed by atoms with Crippen LogP contribution in [0.2, 0.25) is 0 Å². The minimum absolute atomic E-state index is 0.576. The Kier molecular flexibility index (Phi) is 6.94. The zero-order valence-electron chi connectivity index (χ0n) is 15.9. The molecule has 1 saturated heterocycles. The van der Waals surface area contributed by atoms with E-state index in [0.717, 1.165) is 38.3 Å². The van der Waals surface area contributed by atoms with Gasteiger partial charge in [0.2, 0.25) is 0 Å². The van der Waals surface area contributed by atoms with Crippen molar-refractivity contribution in [3.63, 3.8) is 0 Å². The van der Waals surface area contributed by atoms with Crippen molar-refractivity contribution in [1.29, 1.82) is 0 Å². The van der Waals surface area contributed by atoms with E-state index < -0.39 is 0 Å². The topological polar surface area (TPSA) is 41.7 Å². The molecule has 26 heavy (non-hydrogen) atoms. The summed E-state index contributed by atoms with van der Waals surface area (Å²) in [6.45, 7) is 6.37. The Labute approximate surface area is 161 Å². The van der Waals surface area contributed by atoms with Crippen LogP contribution in [-0.4, -0.2) is 43.7 Å². The maximum atomic E-state index is 5.74. The molecule has 2 heterocycles. The number of benzene rings is 1. The fourth-order valence-corrected chi connectivity index (χ4v) is 4.54. The highest BCUT2D eigenvalue weighted by Gasteiger charge is 2.27. The summed E-state index contributed by atoms with van der Waals surface area (Å²) in [6.07, 6.45) is 3.49. The Hall–Kier alpha value is -1.56. The first-order valence-corrected chi connectivity index (χ1v) is 10.5. The average Bonchev–Trinajstić information content (AvgIpc) is 3.20. The second kappa shape index (κ2) is 9.40. The maximum absolute atomic E-state index is 5.74. The predicted octanol–water partition coefficient (Wildman–Crippen LogP) is 3.97. The Morgan fingerprint density at radius 2 is 1.96 bits per heavy atom. The van der Waals surface area contributed by atoms with E-state index in [2.05, 4.69) is 58.5 Å². The summed E-state index contributed by atoms with van der Waals surface area (Å²) in [7, 11) is 1.72. The maximum Gasteiger partial charge on any atom is 0.119 e. The van der Waals surface area contributed by atoms with Crippen LogP contribution in [0, 0.1) is 0 Å². The third kappa shape index (κ3) is 4.78. The van der Waals surface area contributed by atoms with Crippen LogP contribution in [-0.2, 0) is 6.54 Å². The van der Waals surface area contributed by atoms with Crippen molar-refractivity contribution >= 4 is 17.0 Å². The smallest absolute Gasteiger partial charge is 0.119 e. The lowest BCUT2D eigenvalue weighted by Crippen LogP contribution is -2.47. The van der Waals surface area contributed by atoms with E-state index >= 15 is 0 Å². The largest absolute Gasteiger partial charge is 0.497 e. The summed E-state index contributed by atoms with van der Waals surface area (Å²) in [6, 6.07) is 14.1. The molecule has 1 aliphatic heterocycles. The van der Waals surface area contributed by atoms with Gasteiger partial charge in [-0.1, -0.05) is 6.07 Å². The lowest BCUT2D eigenvalue weighted by molar-refractivity contribution is 0.154. The van der Waals surface area contributed by atoms with Gasteiger partial charge in [-0.15, -0.1) is 11.3 Å². The van der Waals surface area contributed by atoms with Crippen molar-refractivity contribution in [2.75, 3.05) is 31.6 Å². The van der Waals surface area contributed by atoms with Gasteiger partial charge in [-0.2, -0.15) is 0 Å². The Morgan fingerprint density at radius 1 is 1.23 bits per heavy atom. The molecular formula is C21H31N3OS. The number of methoxy groups -OCH3 is 1. The van der Waals surface area contributed by atoms with Crippen molar-refractivity contribution < 1.29 is 4.74 Å². The van der Waals surface area contributed by atoms with E-state index in [1.54, 1.807) is 7.11 Å². The van der Waals surface area contributed by atoms with Gasteiger partial charge in [0, 0.05) is 35.7 Å². The van der Waals surface area contributed by atoms with Crippen molar-refractivity contribution in [3.8, 4) is 5.75 Å². The van der Waals surface area contributed by atoms with Crippen LogP contribution in [0.25, 0.3) is 0 Å². The molecule has 3 rings (SSSR count). The number of hydrogen-bond acceptors (Lipinski definition) is 5. The number of likely N-dealkylation sites (tertiary alicyclic amines) is 1. The molecule has 4 nitrogen and oxygen atoms in total. The molecule has 0 radical (unpaired) electrons. The minimum atomic E-state index is 0.576. The van der Waals surface area contributed by atoms with E-state index in [0.29, 0.717) is 12.1 Å². The van der Waals surface area contributed by atoms with Crippen molar-refractivity contribution in [1.82, 2.24) is 4.90 Å². The molecule has 5 heteroatoms. The quantitative estimate of drug-likeness (QED) is 0.760. The highest BCUT2D eigenvalue weighted by atomic mass is 32.1. The number of nitrogens with zero attached hydrogens (tertiary/aromatic N) is 2. The Balaban J connectivity index is 1.71. The summed E-state index contributed by atoms with van der Waals surface area (Å²) >= 11 is 1.84. The van der Waals surface area contributed by atoms with Crippen LogP contribution in [0.5, 0.6) is 5.75 Å². The molecule has 1 aromatic heterocycles. The van der Waals surface area contributed by atoms with Gasteiger partial charge in [0.15, 0.2) is 0 Å². The zero-order chi connectivity index (χ0) is 18.4. The number of ether oxygens (including phenoxy) is 1. The molecule has 1 unspecified atom stereocenters. The van der Waals surface area contributed by atoms with Gasteiger partial charge in [-0.25, -0.2) is 0 Å². The SMILES string of the molecule is COc1ccc(N(Cc2cccs2)C2CCN(C(C)CCN)CC2)cc1. The molecule has 0 aliphatic carbocycles.